The number of rotatable bonds is 8. The number of carboxylic acids is 1. The van der Waals surface area contributed by atoms with E-state index in [1.54, 1.807) is 37.3 Å². The Kier molecular flexibility index (Phi) is 6.52. The molecule has 138 valence electrons. The van der Waals surface area contributed by atoms with Crippen LogP contribution in [0.2, 0.25) is 0 Å². The van der Waals surface area contributed by atoms with Crippen molar-refractivity contribution < 1.29 is 23.1 Å². The minimum atomic E-state index is -3.25. The second kappa shape index (κ2) is 8.62. The number of carbonyl (C=O) groups is 2. The summed E-state index contributed by atoms with van der Waals surface area (Å²) in [6.45, 7) is 1.58. The first-order chi connectivity index (χ1) is 12.3. The maximum atomic E-state index is 12.2. The minimum Gasteiger partial charge on any atom is -0.481 e. The minimum absolute atomic E-state index is 0.0322. The zero-order valence-corrected chi connectivity index (χ0v) is 15.3. The molecule has 2 aromatic carbocycles. The van der Waals surface area contributed by atoms with Gasteiger partial charge in [0.1, 0.15) is 0 Å². The molecule has 0 aliphatic carbocycles. The maximum absolute atomic E-state index is 12.2. The number of hydrogen-bond donors (Lipinski definition) is 2. The third-order valence-corrected chi connectivity index (χ3v) is 5.62. The van der Waals surface area contributed by atoms with Gasteiger partial charge in [-0.05, 0) is 41.8 Å². The molecule has 26 heavy (non-hydrogen) atoms. The van der Waals surface area contributed by atoms with Gasteiger partial charge in [-0.2, -0.15) is 0 Å². The van der Waals surface area contributed by atoms with Gasteiger partial charge in [-0.1, -0.05) is 31.2 Å². The van der Waals surface area contributed by atoms with E-state index in [-0.39, 0.29) is 29.4 Å². The van der Waals surface area contributed by atoms with E-state index in [0.717, 1.165) is 5.56 Å². The third-order valence-electron chi connectivity index (χ3n) is 3.87. The average Bonchev–Trinajstić information content (AvgIpc) is 2.60. The predicted octanol–water partition coefficient (Wildman–Crippen LogP) is 2.68. The van der Waals surface area contributed by atoms with E-state index < -0.39 is 15.8 Å². The standard InChI is InChI=1S/C19H21NO5S/c1-2-26(24,25)17-9-6-15(7-10-17)13-18(21)20-16-5-3-4-14(12-16)8-11-19(22)23/h3-7,9-10,12H,2,8,11,13H2,1H3,(H,20,21)(H,22,23). The highest BCUT2D eigenvalue weighted by molar-refractivity contribution is 7.91. The van der Waals surface area contributed by atoms with Crippen LogP contribution in [-0.4, -0.2) is 31.2 Å². The number of hydrogen-bond acceptors (Lipinski definition) is 4. The smallest absolute Gasteiger partial charge is 0.303 e. The van der Waals surface area contributed by atoms with Gasteiger partial charge in [-0.3, -0.25) is 9.59 Å². The van der Waals surface area contributed by atoms with Gasteiger partial charge in [-0.25, -0.2) is 8.42 Å². The second-order valence-electron chi connectivity index (χ2n) is 5.87. The SMILES string of the molecule is CCS(=O)(=O)c1ccc(CC(=O)Nc2cccc(CCC(=O)O)c2)cc1. The Labute approximate surface area is 152 Å². The summed E-state index contributed by atoms with van der Waals surface area (Å²) in [7, 11) is -3.25. The maximum Gasteiger partial charge on any atom is 0.303 e. The zero-order valence-electron chi connectivity index (χ0n) is 14.4. The summed E-state index contributed by atoms with van der Waals surface area (Å²) in [5.41, 5.74) is 2.14. The highest BCUT2D eigenvalue weighted by Gasteiger charge is 2.12. The molecule has 0 aliphatic rings. The number of amides is 1. The van der Waals surface area contributed by atoms with Crippen molar-refractivity contribution in [2.75, 3.05) is 11.1 Å². The van der Waals surface area contributed by atoms with Crippen LogP contribution in [0.3, 0.4) is 0 Å². The summed E-state index contributed by atoms with van der Waals surface area (Å²) in [6.07, 6.45) is 0.544. The van der Waals surface area contributed by atoms with E-state index in [2.05, 4.69) is 5.32 Å². The topological polar surface area (TPSA) is 101 Å². The van der Waals surface area contributed by atoms with E-state index in [0.29, 0.717) is 17.7 Å². The second-order valence-corrected chi connectivity index (χ2v) is 8.14. The average molecular weight is 375 g/mol. The monoisotopic (exact) mass is 375 g/mol. The van der Waals surface area contributed by atoms with Crippen molar-refractivity contribution >= 4 is 27.4 Å². The van der Waals surface area contributed by atoms with Crippen LogP contribution in [0.15, 0.2) is 53.4 Å². The summed E-state index contributed by atoms with van der Waals surface area (Å²) in [6, 6.07) is 13.3. The van der Waals surface area contributed by atoms with Crippen molar-refractivity contribution in [2.45, 2.75) is 31.1 Å². The molecule has 2 aromatic rings. The summed E-state index contributed by atoms with van der Waals surface area (Å²) in [5.74, 6) is -1.06. The Balaban J connectivity index is 1.98. The fraction of sp³-hybridized carbons (Fsp3) is 0.263. The van der Waals surface area contributed by atoms with Gasteiger partial charge >= 0.3 is 5.97 Å². The van der Waals surface area contributed by atoms with E-state index in [4.69, 9.17) is 5.11 Å². The van der Waals surface area contributed by atoms with Crippen molar-refractivity contribution in [3.05, 3.63) is 59.7 Å². The quantitative estimate of drug-likeness (QED) is 0.739. The van der Waals surface area contributed by atoms with Crippen molar-refractivity contribution in [3.63, 3.8) is 0 Å². The summed E-state index contributed by atoms with van der Waals surface area (Å²) >= 11 is 0. The van der Waals surface area contributed by atoms with Crippen molar-refractivity contribution in [1.29, 1.82) is 0 Å². The molecule has 0 spiro atoms. The van der Waals surface area contributed by atoms with Crippen LogP contribution in [0.1, 0.15) is 24.5 Å². The highest BCUT2D eigenvalue weighted by atomic mass is 32.2. The molecular weight excluding hydrogens is 354 g/mol. The molecule has 0 fully saturated rings. The lowest BCUT2D eigenvalue weighted by Gasteiger charge is -2.08. The number of anilines is 1. The molecule has 7 heteroatoms. The molecule has 0 saturated carbocycles. The summed E-state index contributed by atoms with van der Waals surface area (Å²) in [5, 5.41) is 11.5. The van der Waals surface area contributed by atoms with Crippen molar-refractivity contribution in [1.82, 2.24) is 0 Å². The fourth-order valence-corrected chi connectivity index (χ4v) is 3.31. The van der Waals surface area contributed by atoms with Gasteiger partial charge in [-0.15, -0.1) is 0 Å². The Morgan fingerprint density at radius 1 is 1.04 bits per heavy atom. The number of carboxylic acid groups (broad SMARTS) is 1. The van der Waals surface area contributed by atoms with Crippen LogP contribution in [0.25, 0.3) is 0 Å². The van der Waals surface area contributed by atoms with Crippen LogP contribution in [0, 0.1) is 0 Å². The van der Waals surface area contributed by atoms with Crippen LogP contribution in [-0.2, 0) is 32.3 Å². The first-order valence-corrected chi connectivity index (χ1v) is 9.87. The number of sulfone groups is 1. The highest BCUT2D eigenvalue weighted by Crippen LogP contribution is 2.15. The zero-order chi connectivity index (χ0) is 19.2. The van der Waals surface area contributed by atoms with E-state index in [9.17, 15) is 18.0 Å². The largest absolute Gasteiger partial charge is 0.481 e. The molecule has 1 amide bonds. The van der Waals surface area contributed by atoms with Crippen LogP contribution < -0.4 is 5.32 Å². The number of nitrogens with one attached hydrogen (secondary N) is 1. The molecule has 0 radical (unpaired) electrons. The molecule has 0 saturated heterocycles. The van der Waals surface area contributed by atoms with E-state index >= 15 is 0 Å². The molecule has 0 bridgehead atoms. The first-order valence-electron chi connectivity index (χ1n) is 8.22. The molecular formula is C19H21NO5S. The van der Waals surface area contributed by atoms with Gasteiger partial charge in [0.05, 0.1) is 17.1 Å². The Bertz CT molecular complexity index is 888. The first kappa shape index (κ1) is 19.7. The molecule has 2 N–H and O–H groups in total. The Morgan fingerprint density at radius 3 is 2.35 bits per heavy atom. The van der Waals surface area contributed by atoms with Crippen LogP contribution >= 0.6 is 0 Å². The third kappa shape index (κ3) is 5.70. The van der Waals surface area contributed by atoms with Gasteiger partial charge in [0, 0.05) is 12.1 Å². The summed E-state index contributed by atoms with van der Waals surface area (Å²) < 4.78 is 23.6. The lowest BCUT2D eigenvalue weighted by Crippen LogP contribution is -2.14. The molecule has 6 nitrogen and oxygen atoms in total. The lowest BCUT2D eigenvalue weighted by molar-refractivity contribution is -0.137. The Morgan fingerprint density at radius 2 is 1.73 bits per heavy atom. The molecule has 0 aromatic heterocycles. The summed E-state index contributed by atoms with van der Waals surface area (Å²) in [4.78, 5) is 23.1. The number of carbonyl (C=O) groups excluding carboxylic acids is 1. The number of benzene rings is 2. The number of aliphatic carboxylic acids is 1. The van der Waals surface area contributed by atoms with E-state index in [1.807, 2.05) is 6.07 Å². The Hall–Kier alpha value is -2.67. The van der Waals surface area contributed by atoms with Crippen LogP contribution in [0.5, 0.6) is 0 Å². The van der Waals surface area contributed by atoms with Gasteiger partial charge < -0.3 is 10.4 Å². The molecule has 0 heterocycles. The van der Waals surface area contributed by atoms with Crippen molar-refractivity contribution in [3.8, 4) is 0 Å². The van der Waals surface area contributed by atoms with Crippen molar-refractivity contribution in [2.24, 2.45) is 0 Å². The molecule has 2 rings (SSSR count). The normalized spacial score (nSPS) is 11.1. The molecule has 0 aliphatic heterocycles. The molecule has 0 unspecified atom stereocenters. The van der Waals surface area contributed by atoms with E-state index in [1.165, 1.54) is 12.1 Å². The van der Waals surface area contributed by atoms with Gasteiger partial charge in [0.15, 0.2) is 9.84 Å². The van der Waals surface area contributed by atoms with Gasteiger partial charge in [0.25, 0.3) is 0 Å². The van der Waals surface area contributed by atoms with Gasteiger partial charge in [0.2, 0.25) is 5.91 Å². The lowest BCUT2D eigenvalue weighted by atomic mass is 10.1. The predicted molar refractivity (Wildman–Crippen MR) is 98.9 cm³/mol. The fourth-order valence-electron chi connectivity index (χ4n) is 2.43. The number of aryl methyl sites for hydroxylation is 1. The van der Waals surface area contributed by atoms with Crippen LogP contribution in [0.4, 0.5) is 5.69 Å². The molecule has 0 atom stereocenters.